The molecule has 0 saturated carbocycles. The molecule has 1 aromatic carbocycles. The molecule has 35 heavy (non-hydrogen) atoms. The van der Waals surface area contributed by atoms with E-state index in [0.29, 0.717) is 12.8 Å². The number of rotatable bonds is 17. The molecule has 1 rings (SSSR count). The fourth-order valence-electron chi connectivity index (χ4n) is 3.12. The van der Waals surface area contributed by atoms with E-state index in [1.807, 2.05) is 24.3 Å². The van der Waals surface area contributed by atoms with Crippen LogP contribution >= 0.6 is 0 Å². The Bertz CT molecular complexity index is 924. The van der Waals surface area contributed by atoms with Gasteiger partial charge in [-0.1, -0.05) is 63.8 Å². The topological polar surface area (TPSA) is 110 Å². The van der Waals surface area contributed by atoms with Crippen molar-refractivity contribution in [2.75, 3.05) is 13.2 Å². The van der Waals surface area contributed by atoms with Crippen LogP contribution in [0.3, 0.4) is 0 Å². The van der Waals surface area contributed by atoms with Crippen molar-refractivity contribution in [3.8, 4) is 0 Å². The Morgan fingerprint density at radius 1 is 0.771 bits per heavy atom. The van der Waals surface area contributed by atoms with Gasteiger partial charge in [-0.15, -0.1) is 0 Å². The minimum atomic E-state index is -4.81. The van der Waals surface area contributed by atoms with Gasteiger partial charge in [0, 0.05) is 0 Å². The van der Waals surface area contributed by atoms with Crippen LogP contribution in [0.2, 0.25) is 0 Å². The van der Waals surface area contributed by atoms with Gasteiger partial charge in [0.05, 0.1) is 29.2 Å². The molecular formula is C26H37KO7S. The summed E-state index contributed by atoms with van der Waals surface area (Å²) in [5.41, 5.74) is -0.441. The Morgan fingerprint density at radius 2 is 1.23 bits per heavy atom. The third kappa shape index (κ3) is 15.1. The maximum atomic E-state index is 12.6. The first-order valence-electron chi connectivity index (χ1n) is 12.0. The number of hydrogen-bond donors (Lipinski definition) is 0. The smallest absolute Gasteiger partial charge is 0.744 e. The Labute approximate surface area is 252 Å². The van der Waals surface area contributed by atoms with Crippen LogP contribution in [-0.2, 0) is 19.6 Å². The van der Waals surface area contributed by atoms with Crippen LogP contribution in [-0.4, -0.2) is 38.1 Å². The third-order valence-corrected chi connectivity index (χ3v) is 5.87. The zero-order valence-electron chi connectivity index (χ0n) is 21.3. The SMILES string of the molecule is CCCCC/C=C/CCOC(=O)c1ccc(S(=O)(=O)[O-])cc1C(=O)OCC/C=C/CCCCC.[K+]. The number of ether oxygens (including phenoxy) is 2. The third-order valence-electron chi connectivity index (χ3n) is 5.04. The molecule has 1 aromatic rings. The monoisotopic (exact) mass is 532 g/mol. The van der Waals surface area contributed by atoms with Crippen molar-refractivity contribution in [1.82, 2.24) is 0 Å². The molecule has 7 nitrogen and oxygen atoms in total. The maximum Gasteiger partial charge on any atom is 1.00 e. The zero-order valence-corrected chi connectivity index (χ0v) is 25.2. The molecule has 0 fully saturated rings. The number of carbonyl (C=O) groups excluding carboxylic acids is 2. The molecule has 0 aliphatic carbocycles. The van der Waals surface area contributed by atoms with E-state index in [1.165, 1.54) is 6.42 Å². The summed E-state index contributed by atoms with van der Waals surface area (Å²) in [4.78, 5) is 24.5. The molecule has 0 N–H and O–H groups in total. The summed E-state index contributed by atoms with van der Waals surface area (Å²) in [7, 11) is -4.81. The van der Waals surface area contributed by atoms with E-state index in [9.17, 15) is 22.6 Å². The fourth-order valence-corrected chi connectivity index (χ4v) is 3.61. The number of hydrogen-bond acceptors (Lipinski definition) is 7. The second kappa shape index (κ2) is 20.3. The molecule has 0 aromatic heterocycles. The Balaban J connectivity index is 0.0000116. The van der Waals surface area contributed by atoms with Crippen LogP contribution in [0.4, 0.5) is 0 Å². The minimum absolute atomic E-state index is 0. The number of benzene rings is 1. The zero-order chi connectivity index (χ0) is 25.2. The van der Waals surface area contributed by atoms with Crippen molar-refractivity contribution < 1.29 is 83.4 Å². The van der Waals surface area contributed by atoms with Gasteiger partial charge >= 0.3 is 63.3 Å². The van der Waals surface area contributed by atoms with Crippen molar-refractivity contribution in [3.05, 3.63) is 53.6 Å². The second-order valence-corrected chi connectivity index (χ2v) is 9.32. The van der Waals surface area contributed by atoms with Crippen molar-refractivity contribution >= 4 is 22.1 Å². The molecule has 0 unspecified atom stereocenters. The summed E-state index contributed by atoms with van der Waals surface area (Å²) in [6, 6.07) is 2.97. The van der Waals surface area contributed by atoms with Crippen LogP contribution in [0.15, 0.2) is 47.4 Å². The summed E-state index contributed by atoms with van der Waals surface area (Å²) >= 11 is 0. The first-order valence-corrected chi connectivity index (χ1v) is 13.5. The molecule has 0 spiro atoms. The average molecular weight is 533 g/mol. The van der Waals surface area contributed by atoms with Crippen molar-refractivity contribution in [2.45, 2.75) is 83.0 Å². The van der Waals surface area contributed by atoms with Gasteiger partial charge in [-0.05, 0) is 56.7 Å². The summed E-state index contributed by atoms with van der Waals surface area (Å²) < 4.78 is 44.6. The van der Waals surface area contributed by atoms with E-state index in [4.69, 9.17) is 9.47 Å². The molecule has 190 valence electrons. The molecule has 0 bridgehead atoms. The average Bonchev–Trinajstić information content (AvgIpc) is 2.81. The molecule has 9 heteroatoms. The number of unbranched alkanes of at least 4 members (excludes halogenated alkanes) is 6. The second-order valence-electron chi connectivity index (χ2n) is 7.95. The summed E-state index contributed by atoms with van der Waals surface area (Å²) in [6.07, 6.45) is 17.7. The van der Waals surface area contributed by atoms with Gasteiger partial charge in [-0.25, -0.2) is 18.0 Å². The number of esters is 2. The Hall–Kier alpha value is -0.814. The summed E-state index contributed by atoms with van der Waals surface area (Å²) in [6.45, 7) is 4.45. The van der Waals surface area contributed by atoms with Crippen LogP contribution in [0.1, 0.15) is 98.8 Å². The van der Waals surface area contributed by atoms with Crippen LogP contribution in [0.5, 0.6) is 0 Å². The van der Waals surface area contributed by atoms with E-state index in [0.717, 1.165) is 63.1 Å². The predicted molar refractivity (Wildman–Crippen MR) is 131 cm³/mol. The molecule has 0 saturated heterocycles. The van der Waals surface area contributed by atoms with E-state index in [2.05, 4.69) is 13.8 Å². The van der Waals surface area contributed by atoms with E-state index in [-0.39, 0.29) is 75.7 Å². The Morgan fingerprint density at radius 3 is 1.69 bits per heavy atom. The van der Waals surface area contributed by atoms with E-state index in [1.54, 1.807) is 0 Å². The van der Waals surface area contributed by atoms with Crippen LogP contribution in [0, 0.1) is 0 Å². The van der Waals surface area contributed by atoms with Gasteiger partial charge in [0.2, 0.25) is 0 Å². The quantitative estimate of drug-likeness (QED) is 0.0997. The van der Waals surface area contributed by atoms with Gasteiger partial charge in [0.15, 0.2) is 0 Å². The molecule has 0 amide bonds. The summed E-state index contributed by atoms with van der Waals surface area (Å²) in [5.74, 6) is -1.66. The minimum Gasteiger partial charge on any atom is -0.744 e. The molecule has 0 atom stereocenters. The largest absolute Gasteiger partial charge is 1.00 e. The molecule has 0 aliphatic heterocycles. The van der Waals surface area contributed by atoms with Gasteiger partial charge in [-0.2, -0.15) is 0 Å². The predicted octanol–water partition coefficient (Wildman–Crippen LogP) is 2.96. The molecule has 0 heterocycles. The number of allylic oxidation sites excluding steroid dienone is 2. The van der Waals surface area contributed by atoms with Crippen LogP contribution < -0.4 is 51.4 Å². The van der Waals surface area contributed by atoms with E-state index < -0.39 is 27.0 Å². The van der Waals surface area contributed by atoms with Crippen LogP contribution in [0.25, 0.3) is 0 Å². The van der Waals surface area contributed by atoms with E-state index >= 15 is 0 Å². The maximum absolute atomic E-state index is 12.6. The normalized spacial score (nSPS) is 11.5. The molecular weight excluding hydrogens is 495 g/mol. The molecule has 0 radical (unpaired) electrons. The first-order chi connectivity index (χ1) is 16.3. The standard InChI is InChI=1S/C26H38O7S.K/c1-3-5-7-9-11-13-15-19-32-25(27)23-18-17-22(34(29,30)31)21-24(23)26(28)33-20-16-14-12-10-8-6-4-2;/h11-14,17-18,21H,3-10,15-16,19-20H2,1-2H3,(H,29,30,31);/q;+1/p-1/b13-11+,14-12+;. The van der Waals surface area contributed by atoms with Crippen molar-refractivity contribution in [1.29, 1.82) is 0 Å². The van der Waals surface area contributed by atoms with Crippen molar-refractivity contribution in [2.24, 2.45) is 0 Å². The molecule has 0 aliphatic rings. The fraction of sp³-hybridized carbons (Fsp3) is 0.538. The van der Waals surface area contributed by atoms with Gasteiger partial charge in [0.1, 0.15) is 10.1 Å². The van der Waals surface area contributed by atoms with Gasteiger partial charge < -0.3 is 14.0 Å². The van der Waals surface area contributed by atoms with Crippen molar-refractivity contribution in [3.63, 3.8) is 0 Å². The van der Waals surface area contributed by atoms with Gasteiger partial charge in [-0.3, -0.25) is 0 Å². The number of carbonyl (C=O) groups is 2. The first kappa shape index (κ1) is 34.2. The van der Waals surface area contributed by atoms with Gasteiger partial charge in [0.25, 0.3) is 0 Å². The summed E-state index contributed by atoms with van der Waals surface area (Å²) in [5, 5.41) is 0. The Kier molecular flexibility index (Phi) is 19.8.